The predicted octanol–water partition coefficient (Wildman–Crippen LogP) is 1.22. The van der Waals surface area contributed by atoms with Crippen LogP contribution < -0.4 is 11.5 Å². The molecule has 0 amide bonds. The molecule has 7 nitrogen and oxygen atoms in total. The summed E-state index contributed by atoms with van der Waals surface area (Å²) in [6, 6.07) is 1.25. The predicted molar refractivity (Wildman–Crippen MR) is 74.3 cm³/mol. The minimum absolute atomic E-state index is 0.0714. The van der Waals surface area contributed by atoms with Crippen LogP contribution in [0.3, 0.4) is 0 Å². The number of nitrogens with zero attached hydrogens (tertiary/aromatic N) is 4. The van der Waals surface area contributed by atoms with Gasteiger partial charge in [-0.15, -0.1) is 0 Å². The average molecular weight is 303 g/mol. The summed E-state index contributed by atoms with van der Waals surface area (Å²) in [5.74, 6) is -1.43. The summed E-state index contributed by atoms with van der Waals surface area (Å²) in [4.78, 5) is 11.9. The van der Waals surface area contributed by atoms with Gasteiger partial charge in [0.25, 0.3) is 0 Å². The number of pyridine rings is 1. The topological polar surface area (TPSA) is 119 Å². The van der Waals surface area contributed by atoms with E-state index in [1.54, 1.807) is 0 Å². The zero-order chi connectivity index (χ0) is 15.5. The normalized spacial score (nSPS) is 16.1. The van der Waals surface area contributed by atoms with Crippen LogP contribution in [0.4, 0.5) is 14.6 Å². The number of halogens is 2. The molecular formula is C13H11F2N7. The van der Waals surface area contributed by atoms with Crippen molar-refractivity contribution in [2.75, 3.05) is 5.73 Å². The van der Waals surface area contributed by atoms with Gasteiger partial charge in [-0.3, -0.25) is 5.10 Å². The van der Waals surface area contributed by atoms with Gasteiger partial charge in [-0.25, -0.2) is 23.7 Å². The third-order valence-electron chi connectivity index (χ3n) is 3.74. The number of anilines is 1. The summed E-state index contributed by atoms with van der Waals surface area (Å²) in [5.41, 5.74) is 11.5. The molecule has 0 aromatic carbocycles. The summed E-state index contributed by atoms with van der Waals surface area (Å²) in [7, 11) is 0. The van der Waals surface area contributed by atoms with Crippen LogP contribution in [0.1, 0.15) is 18.5 Å². The fraction of sp³-hybridized carbons (Fsp3) is 0.231. The lowest BCUT2D eigenvalue weighted by molar-refractivity contribution is 0.559. The zero-order valence-corrected chi connectivity index (χ0v) is 11.3. The fourth-order valence-electron chi connectivity index (χ4n) is 2.32. The number of nitrogen functional groups attached to an aromatic ring is 1. The van der Waals surface area contributed by atoms with Crippen molar-refractivity contribution in [3.63, 3.8) is 0 Å². The molecule has 5 N–H and O–H groups in total. The lowest BCUT2D eigenvalue weighted by Crippen LogP contribution is -2.24. The highest BCUT2D eigenvalue weighted by molar-refractivity contribution is 5.88. The van der Waals surface area contributed by atoms with Gasteiger partial charge in [0.15, 0.2) is 23.1 Å². The first-order chi connectivity index (χ1) is 10.5. The molecule has 0 atom stereocenters. The van der Waals surface area contributed by atoms with Crippen LogP contribution in [0.15, 0.2) is 12.3 Å². The quantitative estimate of drug-likeness (QED) is 0.655. The SMILES string of the molecule is Nc1nc(-c2[nH]nc3ncc(F)cc23)nc(C2(N)CC2)c1F. The van der Waals surface area contributed by atoms with Gasteiger partial charge in [0.1, 0.15) is 17.2 Å². The van der Waals surface area contributed by atoms with E-state index >= 15 is 0 Å². The van der Waals surface area contributed by atoms with Crippen LogP contribution in [0.25, 0.3) is 22.6 Å². The molecule has 112 valence electrons. The first-order valence-electron chi connectivity index (χ1n) is 6.60. The van der Waals surface area contributed by atoms with Crippen LogP contribution in [0.5, 0.6) is 0 Å². The second-order valence-corrected chi connectivity index (χ2v) is 5.37. The molecule has 0 spiro atoms. The van der Waals surface area contributed by atoms with E-state index in [0.29, 0.717) is 29.6 Å². The molecule has 1 aliphatic rings. The molecule has 0 bridgehead atoms. The van der Waals surface area contributed by atoms with Gasteiger partial charge < -0.3 is 11.5 Å². The van der Waals surface area contributed by atoms with Gasteiger partial charge in [0.05, 0.1) is 17.1 Å². The molecule has 3 aromatic rings. The zero-order valence-electron chi connectivity index (χ0n) is 11.3. The van der Waals surface area contributed by atoms with Crippen LogP contribution in [-0.2, 0) is 5.54 Å². The van der Waals surface area contributed by atoms with E-state index < -0.39 is 17.2 Å². The second kappa shape index (κ2) is 4.17. The van der Waals surface area contributed by atoms with Gasteiger partial charge >= 0.3 is 0 Å². The monoisotopic (exact) mass is 303 g/mol. The van der Waals surface area contributed by atoms with Crippen LogP contribution in [0.2, 0.25) is 0 Å². The number of H-pyrrole nitrogens is 1. The Bertz CT molecular complexity index is 901. The molecule has 9 heteroatoms. The van der Waals surface area contributed by atoms with E-state index in [2.05, 4.69) is 25.1 Å². The number of aromatic nitrogens is 5. The minimum atomic E-state index is -0.810. The molecule has 3 aromatic heterocycles. The molecule has 3 heterocycles. The van der Waals surface area contributed by atoms with Crippen molar-refractivity contribution in [2.24, 2.45) is 5.73 Å². The number of hydrogen-bond acceptors (Lipinski definition) is 6. The Balaban J connectivity index is 1.95. The van der Waals surface area contributed by atoms with Crippen molar-refractivity contribution in [3.8, 4) is 11.5 Å². The first kappa shape index (κ1) is 13.0. The van der Waals surface area contributed by atoms with Crippen LogP contribution in [0, 0.1) is 11.6 Å². The van der Waals surface area contributed by atoms with Crippen molar-refractivity contribution in [3.05, 3.63) is 29.6 Å². The average Bonchev–Trinajstić information content (AvgIpc) is 3.09. The van der Waals surface area contributed by atoms with E-state index in [9.17, 15) is 8.78 Å². The molecule has 1 fully saturated rings. The molecule has 0 aliphatic heterocycles. The van der Waals surface area contributed by atoms with Crippen LogP contribution in [-0.4, -0.2) is 25.1 Å². The maximum absolute atomic E-state index is 14.1. The fourth-order valence-corrected chi connectivity index (χ4v) is 2.32. The van der Waals surface area contributed by atoms with Crippen molar-refractivity contribution >= 4 is 16.9 Å². The summed E-state index contributed by atoms with van der Waals surface area (Å²) in [6.45, 7) is 0. The van der Waals surface area contributed by atoms with Gasteiger partial charge in [-0.2, -0.15) is 5.10 Å². The minimum Gasteiger partial charge on any atom is -0.381 e. The number of hydrogen-bond donors (Lipinski definition) is 3. The second-order valence-electron chi connectivity index (χ2n) is 5.37. The highest BCUT2D eigenvalue weighted by atomic mass is 19.1. The Hall–Kier alpha value is -2.68. The molecule has 22 heavy (non-hydrogen) atoms. The van der Waals surface area contributed by atoms with Crippen molar-refractivity contribution < 1.29 is 8.78 Å². The maximum atomic E-state index is 14.1. The van der Waals surface area contributed by atoms with Gasteiger partial charge in [0.2, 0.25) is 0 Å². The molecule has 4 rings (SSSR count). The standard InChI is InChI=1S/C13H11F2N7/c14-5-3-6-8(21-22-11(6)18-4-5)12-19-9(13(17)1-2-13)7(15)10(16)20-12/h3-4H,1-2,17H2,(H2,16,19,20)(H,18,21,22). The Kier molecular flexibility index (Phi) is 2.46. The van der Waals surface area contributed by atoms with Crippen molar-refractivity contribution in [1.82, 2.24) is 25.1 Å². The molecule has 0 saturated heterocycles. The summed E-state index contributed by atoms with van der Waals surface area (Å²) in [6.07, 6.45) is 2.30. The van der Waals surface area contributed by atoms with E-state index in [0.717, 1.165) is 6.20 Å². The largest absolute Gasteiger partial charge is 0.381 e. The maximum Gasteiger partial charge on any atom is 0.188 e. The Morgan fingerprint density at radius 1 is 1.23 bits per heavy atom. The number of fused-ring (bicyclic) bond motifs is 1. The molecule has 1 aliphatic carbocycles. The molecule has 0 radical (unpaired) electrons. The van der Waals surface area contributed by atoms with Crippen molar-refractivity contribution in [2.45, 2.75) is 18.4 Å². The Labute approximate surface area is 122 Å². The van der Waals surface area contributed by atoms with Crippen molar-refractivity contribution in [1.29, 1.82) is 0 Å². The lowest BCUT2D eigenvalue weighted by atomic mass is 10.1. The van der Waals surface area contributed by atoms with E-state index in [1.807, 2.05) is 0 Å². The highest BCUT2D eigenvalue weighted by Crippen LogP contribution is 2.44. The molecule has 0 unspecified atom stereocenters. The third kappa shape index (κ3) is 1.82. The third-order valence-corrected chi connectivity index (χ3v) is 3.74. The van der Waals surface area contributed by atoms with E-state index in [4.69, 9.17) is 11.5 Å². The molecule has 1 saturated carbocycles. The molecular weight excluding hydrogens is 292 g/mol. The summed E-state index contributed by atoms with van der Waals surface area (Å²) in [5, 5.41) is 7.01. The smallest absolute Gasteiger partial charge is 0.188 e. The number of rotatable bonds is 2. The number of nitrogens with two attached hydrogens (primary N) is 2. The number of nitrogens with one attached hydrogen (secondary N) is 1. The lowest BCUT2D eigenvalue weighted by Gasteiger charge is -2.11. The summed E-state index contributed by atoms with van der Waals surface area (Å²) < 4.78 is 27.5. The Morgan fingerprint density at radius 3 is 2.73 bits per heavy atom. The van der Waals surface area contributed by atoms with Gasteiger partial charge in [-0.1, -0.05) is 0 Å². The van der Waals surface area contributed by atoms with Gasteiger partial charge in [-0.05, 0) is 18.9 Å². The number of aromatic amines is 1. The van der Waals surface area contributed by atoms with Gasteiger partial charge in [0, 0.05) is 0 Å². The van der Waals surface area contributed by atoms with Crippen LogP contribution >= 0.6 is 0 Å². The highest BCUT2D eigenvalue weighted by Gasteiger charge is 2.44. The first-order valence-corrected chi connectivity index (χ1v) is 6.60. The van der Waals surface area contributed by atoms with E-state index in [-0.39, 0.29) is 17.3 Å². The van der Waals surface area contributed by atoms with E-state index in [1.165, 1.54) is 6.07 Å². The summed E-state index contributed by atoms with van der Waals surface area (Å²) >= 11 is 0. The Morgan fingerprint density at radius 2 is 2.00 bits per heavy atom.